The molecule has 384 valence electrons. The van der Waals surface area contributed by atoms with E-state index in [2.05, 4.69) is 58.0 Å². The normalized spacial score (nSPS) is 13.6. The highest BCUT2D eigenvalue weighted by molar-refractivity contribution is 5.97. The minimum Gasteiger partial charge on any atom is -0.394 e. The lowest BCUT2D eigenvalue weighted by Gasteiger charge is -2.26. The van der Waals surface area contributed by atoms with Gasteiger partial charge in [0.1, 0.15) is 36.3 Å². The van der Waals surface area contributed by atoms with Gasteiger partial charge < -0.3 is 59.5 Å². The van der Waals surface area contributed by atoms with Gasteiger partial charge in [0.2, 0.25) is 41.4 Å². The zero-order chi connectivity index (χ0) is 52.3. The monoisotopic (exact) mass is 987 g/mol. The number of hydrazine groups is 1. The Hall–Kier alpha value is -8.15. The van der Waals surface area contributed by atoms with Crippen molar-refractivity contribution >= 4 is 59.2 Å². The van der Waals surface area contributed by atoms with Crippen LogP contribution >= 0.6 is 0 Å². The number of aliphatic hydroxyl groups is 1. The standard InChI is InChI=1S/C47H66N14O10/c1-28(2)23-34(42(67)55-32(15-10-20-53-46(50)51-3)41(66)56-33(40(49)65)24-30-11-6-4-7-12-30)59-47(71)61-60-45(70)35(25-31-13-8-5-9-14-31)57-44(69)37(27-62)58-43(68)36(26-38(48)63)54-39(64)17-16-29-18-21-52-22-19-29/h4-9,11-14,18-19,21-22,28,32-37,62H,10,15-17,20,23-27H2,1-3H3,(H2,48,63)(H2,49,65)(H,54,64)(H,55,67)(H,56,66)(H,57,69)(H,58,68)(H,60,70)(H3,50,51,53)(H2,59,61,71)/t32-,33-,34-,35-,36-,37-/m0/s1. The molecule has 3 rings (SSSR count). The van der Waals surface area contributed by atoms with Gasteiger partial charge in [0.25, 0.3) is 5.91 Å². The summed E-state index contributed by atoms with van der Waals surface area (Å²) in [5.41, 5.74) is 23.2. The summed E-state index contributed by atoms with van der Waals surface area (Å²) in [5.74, 6) is -6.87. The molecule has 16 N–H and O–H groups in total. The number of carbonyl (C=O) groups is 9. The van der Waals surface area contributed by atoms with E-state index >= 15 is 0 Å². The quantitative estimate of drug-likeness (QED) is 0.0153. The van der Waals surface area contributed by atoms with E-state index < -0.39 is 103 Å². The number of rotatable bonds is 28. The van der Waals surface area contributed by atoms with Crippen LogP contribution < -0.4 is 65.3 Å². The molecule has 6 atom stereocenters. The fourth-order valence-electron chi connectivity index (χ4n) is 6.87. The summed E-state index contributed by atoms with van der Waals surface area (Å²) in [6, 6.07) is 11.4. The number of aliphatic hydroxyl groups excluding tert-OH is 1. The second-order valence-corrected chi connectivity index (χ2v) is 16.8. The molecule has 24 heteroatoms. The van der Waals surface area contributed by atoms with Gasteiger partial charge in [-0.1, -0.05) is 74.5 Å². The largest absolute Gasteiger partial charge is 0.394 e. The van der Waals surface area contributed by atoms with E-state index in [9.17, 15) is 48.3 Å². The molecule has 71 heavy (non-hydrogen) atoms. The molecule has 0 fully saturated rings. The molecule has 1 heterocycles. The number of nitrogens with zero attached hydrogens (tertiary/aromatic N) is 2. The number of hydrogen-bond acceptors (Lipinski definition) is 12. The summed E-state index contributed by atoms with van der Waals surface area (Å²) < 4.78 is 0. The van der Waals surface area contributed by atoms with Crippen LogP contribution in [0.25, 0.3) is 0 Å². The van der Waals surface area contributed by atoms with E-state index in [0.717, 1.165) is 11.1 Å². The van der Waals surface area contributed by atoms with E-state index in [4.69, 9.17) is 17.2 Å². The van der Waals surface area contributed by atoms with Crippen LogP contribution in [0.4, 0.5) is 4.79 Å². The third-order valence-electron chi connectivity index (χ3n) is 10.6. The fourth-order valence-corrected chi connectivity index (χ4v) is 6.87. The second kappa shape index (κ2) is 30.4. The number of guanidine groups is 1. The van der Waals surface area contributed by atoms with Gasteiger partial charge in [-0.05, 0) is 60.4 Å². The van der Waals surface area contributed by atoms with Crippen molar-refractivity contribution in [2.45, 2.75) is 101 Å². The topological polar surface area (TPSA) is 385 Å². The van der Waals surface area contributed by atoms with Gasteiger partial charge in [0.15, 0.2) is 5.96 Å². The van der Waals surface area contributed by atoms with Crippen LogP contribution in [0.2, 0.25) is 0 Å². The van der Waals surface area contributed by atoms with Crippen molar-refractivity contribution in [1.82, 2.24) is 53.1 Å². The Bertz CT molecular complexity index is 2270. The number of benzene rings is 2. The summed E-state index contributed by atoms with van der Waals surface area (Å²) in [6.07, 6.45) is 3.06. The van der Waals surface area contributed by atoms with Gasteiger partial charge in [-0.3, -0.25) is 53.8 Å². The maximum Gasteiger partial charge on any atom is 0.334 e. The Balaban J connectivity index is 1.72. The predicted molar refractivity (Wildman–Crippen MR) is 260 cm³/mol. The highest BCUT2D eigenvalue weighted by atomic mass is 16.3. The number of urea groups is 1. The van der Waals surface area contributed by atoms with E-state index in [-0.39, 0.29) is 50.5 Å². The summed E-state index contributed by atoms with van der Waals surface area (Å²) >= 11 is 0. The number of carbonyl (C=O) groups excluding carboxylic acids is 9. The maximum atomic E-state index is 13.9. The Morgan fingerprint density at radius 2 is 1.14 bits per heavy atom. The zero-order valence-corrected chi connectivity index (χ0v) is 39.9. The molecule has 24 nitrogen and oxygen atoms in total. The summed E-state index contributed by atoms with van der Waals surface area (Å²) in [4.78, 5) is 126. The molecule has 0 aliphatic rings. The lowest BCUT2D eigenvalue weighted by Crippen LogP contribution is -2.61. The van der Waals surface area contributed by atoms with Gasteiger partial charge in [-0.15, -0.1) is 0 Å². The van der Waals surface area contributed by atoms with E-state index in [1.807, 2.05) is 0 Å². The molecule has 0 saturated carbocycles. The molecule has 0 radical (unpaired) electrons. The number of pyridine rings is 1. The minimum atomic E-state index is -1.69. The lowest BCUT2D eigenvalue weighted by atomic mass is 10.0. The van der Waals surface area contributed by atoms with Crippen LogP contribution in [0.15, 0.2) is 90.2 Å². The van der Waals surface area contributed by atoms with Gasteiger partial charge in [-0.25, -0.2) is 10.2 Å². The average Bonchev–Trinajstić information content (AvgIpc) is 3.34. The third kappa shape index (κ3) is 21.8. The van der Waals surface area contributed by atoms with Crippen LogP contribution in [-0.2, 0) is 57.6 Å². The first-order valence-electron chi connectivity index (χ1n) is 22.9. The number of primary amides is 2. The molecular weight excluding hydrogens is 921 g/mol. The molecular formula is C47H66N14O10. The minimum absolute atomic E-state index is 0.0580. The van der Waals surface area contributed by atoms with Crippen LogP contribution in [-0.4, -0.2) is 126 Å². The molecule has 0 aliphatic carbocycles. The Morgan fingerprint density at radius 1 is 0.606 bits per heavy atom. The number of aryl methyl sites for hydroxylation is 1. The van der Waals surface area contributed by atoms with Crippen LogP contribution in [0, 0.1) is 5.92 Å². The number of hydrogen-bond donors (Lipinski definition) is 13. The zero-order valence-electron chi connectivity index (χ0n) is 39.9. The predicted octanol–water partition coefficient (Wildman–Crippen LogP) is -2.66. The Labute approximate surface area is 411 Å². The first kappa shape index (κ1) is 57.2. The molecule has 3 aromatic rings. The Morgan fingerprint density at radius 3 is 1.70 bits per heavy atom. The molecule has 0 aliphatic heterocycles. The number of amides is 10. The number of nitrogens with two attached hydrogens (primary N) is 3. The van der Waals surface area contributed by atoms with Crippen molar-refractivity contribution in [3.63, 3.8) is 0 Å². The van der Waals surface area contributed by atoms with Crippen molar-refractivity contribution in [3.8, 4) is 0 Å². The highest BCUT2D eigenvalue weighted by Crippen LogP contribution is 2.10. The van der Waals surface area contributed by atoms with Crippen molar-refractivity contribution in [3.05, 3.63) is 102 Å². The number of aliphatic imine (C=N–C) groups is 1. The van der Waals surface area contributed by atoms with Gasteiger partial charge in [-0.2, -0.15) is 0 Å². The summed E-state index contributed by atoms with van der Waals surface area (Å²) in [5, 5.41) is 28.0. The molecule has 2 aromatic carbocycles. The van der Waals surface area contributed by atoms with Crippen LogP contribution in [0.5, 0.6) is 0 Å². The second-order valence-electron chi connectivity index (χ2n) is 16.8. The van der Waals surface area contributed by atoms with Crippen molar-refractivity contribution in [2.75, 3.05) is 20.2 Å². The van der Waals surface area contributed by atoms with Gasteiger partial charge in [0, 0.05) is 45.2 Å². The smallest absolute Gasteiger partial charge is 0.334 e. The molecule has 0 bridgehead atoms. The summed E-state index contributed by atoms with van der Waals surface area (Å²) in [6.45, 7) is 2.87. The highest BCUT2D eigenvalue weighted by Gasteiger charge is 2.32. The maximum absolute atomic E-state index is 13.9. The molecule has 10 amide bonds. The fraction of sp³-hybridized carbons (Fsp3) is 0.426. The van der Waals surface area contributed by atoms with Gasteiger partial charge in [0.05, 0.1) is 13.0 Å². The SMILES string of the molecule is CN=C(N)NCCC[C@H](NC(=O)[C@H](CC(C)C)NC(=O)NNC(=O)[C@H](Cc1ccccc1)NC(=O)[C@H](CO)NC(=O)[C@H](CC(N)=O)NC(=O)CCc1ccncc1)C(=O)N[C@@H](Cc1ccccc1)C(N)=O. The van der Waals surface area contributed by atoms with Gasteiger partial charge >= 0.3 is 6.03 Å². The van der Waals surface area contributed by atoms with E-state index in [0.29, 0.717) is 18.4 Å². The van der Waals surface area contributed by atoms with Crippen LogP contribution in [0.1, 0.15) is 62.6 Å². The lowest BCUT2D eigenvalue weighted by molar-refractivity contribution is -0.135. The van der Waals surface area contributed by atoms with Crippen molar-refractivity contribution in [2.24, 2.45) is 28.1 Å². The van der Waals surface area contributed by atoms with Crippen molar-refractivity contribution in [1.29, 1.82) is 0 Å². The first-order valence-corrected chi connectivity index (χ1v) is 22.9. The Kier molecular flexibility index (Phi) is 24.4. The summed E-state index contributed by atoms with van der Waals surface area (Å²) in [7, 11) is 1.49. The first-order chi connectivity index (χ1) is 33.9. The average molecular weight is 987 g/mol. The number of aromatic nitrogens is 1. The van der Waals surface area contributed by atoms with Crippen LogP contribution in [0.3, 0.4) is 0 Å². The number of nitrogens with one attached hydrogen (secondary N) is 9. The third-order valence-corrected chi connectivity index (χ3v) is 10.6. The van der Waals surface area contributed by atoms with E-state index in [1.165, 1.54) is 7.05 Å². The van der Waals surface area contributed by atoms with E-state index in [1.54, 1.807) is 99.0 Å². The molecule has 1 aromatic heterocycles. The molecule has 0 spiro atoms. The molecule has 0 unspecified atom stereocenters. The molecule has 0 saturated heterocycles. The van der Waals surface area contributed by atoms with Crippen molar-refractivity contribution < 1.29 is 48.3 Å².